The third kappa shape index (κ3) is 4.52. The lowest BCUT2D eigenvalue weighted by Crippen LogP contribution is -2.27. The van der Waals surface area contributed by atoms with E-state index in [1.807, 2.05) is 13.8 Å². The van der Waals surface area contributed by atoms with Crippen LogP contribution in [0.2, 0.25) is 0 Å². The second kappa shape index (κ2) is 6.55. The quantitative estimate of drug-likeness (QED) is 0.793. The molecule has 0 saturated carbocycles. The molecule has 0 aromatic carbocycles. The first-order valence-electron chi connectivity index (χ1n) is 6.51. The molecule has 0 fully saturated rings. The third-order valence-corrected chi connectivity index (χ3v) is 5.42. The first-order chi connectivity index (χ1) is 9.87. The van der Waals surface area contributed by atoms with Crippen molar-refractivity contribution < 1.29 is 17.6 Å². The molecule has 0 aliphatic heterocycles. The van der Waals surface area contributed by atoms with Crippen LogP contribution in [0.3, 0.4) is 0 Å². The molecule has 2 aromatic rings. The summed E-state index contributed by atoms with van der Waals surface area (Å²) in [6.07, 6.45) is 1.45. The van der Waals surface area contributed by atoms with Crippen molar-refractivity contribution in [2.24, 2.45) is 5.92 Å². The molecule has 114 valence electrons. The van der Waals surface area contributed by atoms with Crippen molar-refractivity contribution in [3.05, 3.63) is 46.0 Å². The summed E-state index contributed by atoms with van der Waals surface area (Å²) in [6.45, 7) is 3.90. The van der Waals surface area contributed by atoms with Crippen LogP contribution in [0.15, 0.2) is 34.9 Å². The Morgan fingerprint density at radius 3 is 2.71 bits per heavy atom. The van der Waals surface area contributed by atoms with Crippen LogP contribution in [0.25, 0.3) is 0 Å². The Morgan fingerprint density at radius 1 is 1.33 bits per heavy atom. The van der Waals surface area contributed by atoms with Crippen molar-refractivity contribution in [2.45, 2.75) is 20.4 Å². The smallest absolute Gasteiger partial charge is 0.238 e. The predicted octanol–water partition coefficient (Wildman–Crippen LogP) is 2.65. The molecular formula is C14H17NO4S2. The number of nitrogens with one attached hydrogen (secondary N) is 1. The van der Waals surface area contributed by atoms with Gasteiger partial charge < -0.3 is 4.42 Å². The number of carbonyl (C=O) groups is 1. The standard InChI is InChI=1S/C14H17NO4S2/c1-10(2)9-21(17,18)15-8-11-5-6-13(20-11)14(16)12-4-3-7-19-12/h3-7,10,15H,8-9H2,1-2H3. The molecule has 0 spiro atoms. The molecule has 0 saturated heterocycles. The minimum absolute atomic E-state index is 0.0712. The largest absolute Gasteiger partial charge is 0.461 e. The SMILES string of the molecule is CC(C)CS(=O)(=O)NCc1ccc(C(=O)c2ccco2)s1. The summed E-state index contributed by atoms with van der Waals surface area (Å²) in [5.74, 6) is 0.253. The van der Waals surface area contributed by atoms with Crippen LogP contribution in [0.4, 0.5) is 0 Å². The highest BCUT2D eigenvalue weighted by atomic mass is 32.2. The van der Waals surface area contributed by atoms with Gasteiger partial charge in [-0.1, -0.05) is 13.8 Å². The molecule has 21 heavy (non-hydrogen) atoms. The summed E-state index contributed by atoms with van der Waals surface area (Å²) in [6, 6.07) is 6.69. The van der Waals surface area contributed by atoms with Gasteiger partial charge in [0.1, 0.15) is 0 Å². The summed E-state index contributed by atoms with van der Waals surface area (Å²) in [7, 11) is -3.28. The topological polar surface area (TPSA) is 76.4 Å². The van der Waals surface area contributed by atoms with Crippen LogP contribution in [0, 0.1) is 5.92 Å². The van der Waals surface area contributed by atoms with Crippen molar-refractivity contribution in [1.29, 1.82) is 0 Å². The van der Waals surface area contributed by atoms with Gasteiger partial charge >= 0.3 is 0 Å². The first kappa shape index (κ1) is 15.9. The van der Waals surface area contributed by atoms with E-state index < -0.39 is 10.0 Å². The van der Waals surface area contributed by atoms with Crippen LogP contribution in [-0.2, 0) is 16.6 Å². The number of ketones is 1. The Balaban J connectivity index is 1.99. The van der Waals surface area contributed by atoms with Crippen LogP contribution in [-0.4, -0.2) is 20.0 Å². The third-order valence-electron chi connectivity index (χ3n) is 2.65. The van der Waals surface area contributed by atoms with Crippen LogP contribution >= 0.6 is 11.3 Å². The molecule has 0 atom stereocenters. The summed E-state index contributed by atoms with van der Waals surface area (Å²) < 4.78 is 31.1. The zero-order valence-corrected chi connectivity index (χ0v) is 13.5. The fraction of sp³-hybridized carbons (Fsp3) is 0.357. The molecule has 5 nitrogen and oxygen atoms in total. The van der Waals surface area contributed by atoms with E-state index in [-0.39, 0.29) is 29.8 Å². The maximum absolute atomic E-state index is 12.0. The molecule has 1 N–H and O–H groups in total. The van der Waals surface area contributed by atoms with Crippen molar-refractivity contribution in [3.8, 4) is 0 Å². The van der Waals surface area contributed by atoms with Gasteiger partial charge in [0, 0.05) is 11.4 Å². The van der Waals surface area contributed by atoms with E-state index in [1.54, 1.807) is 24.3 Å². The molecule has 2 aromatic heterocycles. The van der Waals surface area contributed by atoms with Gasteiger partial charge in [0.2, 0.25) is 15.8 Å². The highest BCUT2D eigenvalue weighted by Gasteiger charge is 2.16. The molecule has 0 radical (unpaired) electrons. The monoisotopic (exact) mass is 327 g/mol. The summed E-state index contributed by atoms with van der Waals surface area (Å²) in [5, 5.41) is 0. The van der Waals surface area contributed by atoms with E-state index in [0.717, 1.165) is 4.88 Å². The molecule has 7 heteroatoms. The van der Waals surface area contributed by atoms with Crippen molar-refractivity contribution in [3.63, 3.8) is 0 Å². The number of carbonyl (C=O) groups excluding carboxylic acids is 1. The Labute approximate surface area is 128 Å². The van der Waals surface area contributed by atoms with Crippen molar-refractivity contribution in [1.82, 2.24) is 4.72 Å². The fourth-order valence-corrected chi connectivity index (χ4v) is 4.16. The Morgan fingerprint density at radius 2 is 2.10 bits per heavy atom. The maximum atomic E-state index is 12.0. The van der Waals surface area contributed by atoms with Crippen molar-refractivity contribution in [2.75, 3.05) is 5.75 Å². The van der Waals surface area contributed by atoms with Gasteiger partial charge in [-0.25, -0.2) is 13.1 Å². The summed E-state index contributed by atoms with van der Waals surface area (Å²) in [4.78, 5) is 13.4. The van der Waals surface area contributed by atoms with Gasteiger partial charge in [-0.2, -0.15) is 0 Å². The second-order valence-corrected chi connectivity index (χ2v) is 8.09. The van der Waals surface area contributed by atoms with Crippen LogP contribution in [0.5, 0.6) is 0 Å². The molecule has 0 amide bonds. The van der Waals surface area contributed by atoms with Gasteiger partial charge in [0.15, 0.2) is 5.76 Å². The van der Waals surface area contributed by atoms with Gasteiger partial charge in [-0.05, 0) is 30.2 Å². The molecule has 2 heterocycles. The van der Waals surface area contributed by atoms with Crippen LogP contribution in [0.1, 0.15) is 34.2 Å². The second-order valence-electron chi connectivity index (χ2n) is 5.07. The Kier molecular flexibility index (Phi) is 4.97. The maximum Gasteiger partial charge on any atom is 0.238 e. The van der Waals surface area contributed by atoms with E-state index in [4.69, 9.17) is 4.42 Å². The fourth-order valence-electron chi connectivity index (χ4n) is 1.80. The van der Waals surface area contributed by atoms with E-state index >= 15 is 0 Å². The van der Waals surface area contributed by atoms with Gasteiger partial charge in [-0.3, -0.25) is 4.79 Å². The minimum Gasteiger partial charge on any atom is -0.461 e. The highest BCUT2D eigenvalue weighted by molar-refractivity contribution is 7.89. The number of rotatable bonds is 7. The number of hydrogen-bond acceptors (Lipinski definition) is 5. The first-order valence-corrected chi connectivity index (χ1v) is 8.98. The summed E-state index contributed by atoms with van der Waals surface area (Å²) in [5.41, 5.74) is 0. The lowest BCUT2D eigenvalue weighted by Gasteiger charge is -2.07. The van der Waals surface area contributed by atoms with E-state index in [2.05, 4.69) is 4.72 Å². The van der Waals surface area contributed by atoms with E-state index in [1.165, 1.54) is 17.6 Å². The minimum atomic E-state index is -3.28. The zero-order valence-electron chi connectivity index (χ0n) is 11.8. The van der Waals surface area contributed by atoms with Crippen molar-refractivity contribution >= 4 is 27.1 Å². The van der Waals surface area contributed by atoms with E-state index in [9.17, 15) is 13.2 Å². The van der Waals surface area contributed by atoms with Gasteiger partial charge in [0.25, 0.3) is 0 Å². The summed E-state index contributed by atoms with van der Waals surface area (Å²) >= 11 is 1.26. The Hall–Kier alpha value is -1.44. The van der Waals surface area contributed by atoms with Gasteiger partial charge in [0.05, 0.1) is 16.9 Å². The molecule has 2 rings (SSSR count). The average Bonchev–Trinajstić information content (AvgIpc) is 3.06. The Bertz CT molecular complexity index is 699. The molecule has 0 aliphatic rings. The lowest BCUT2D eigenvalue weighted by molar-refractivity contribution is 0.101. The molecule has 0 aliphatic carbocycles. The average molecular weight is 327 g/mol. The normalized spacial score (nSPS) is 12.0. The molecule has 0 unspecified atom stereocenters. The molecular weight excluding hydrogens is 310 g/mol. The van der Waals surface area contributed by atoms with Gasteiger partial charge in [-0.15, -0.1) is 11.3 Å². The number of furan rings is 1. The number of hydrogen-bond donors (Lipinski definition) is 1. The van der Waals surface area contributed by atoms with Crippen LogP contribution < -0.4 is 4.72 Å². The highest BCUT2D eigenvalue weighted by Crippen LogP contribution is 2.20. The van der Waals surface area contributed by atoms with E-state index in [0.29, 0.717) is 4.88 Å². The number of thiophene rings is 1. The predicted molar refractivity (Wildman–Crippen MR) is 81.9 cm³/mol. The number of sulfonamides is 1. The molecule has 0 bridgehead atoms. The lowest BCUT2D eigenvalue weighted by atomic mass is 10.2. The zero-order chi connectivity index (χ0) is 15.5.